The largest absolute Gasteiger partial charge is 0.496 e. The van der Waals surface area contributed by atoms with Crippen LogP contribution >= 0.6 is 0 Å². The Balaban J connectivity index is 1.42. The van der Waals surface area contributed by atoms with Crippen molar-refractivity contribution >= 4 is 5.91 Å². The lowest BCUT2D eigenvalue weighted by Gasteiger charge is -2.26. The number of likely N-dealkylation sites (tertiary alicyclic amines) is 1. The van der Waals surface area contributed by atoms with Crippen molar-refractivity contribution in [3.05, 3.63) is 65.2 Å². The van der Waals surface area contributed by atoms with Gasteiger partial charge in [-0.25, -0.2) is 0 Å². The maximum Gasteiger partial charge on any atom is 0.220 e. The molecule has 1 heterocycles. The van der Waals surface area contributed by atoms with Crippen molar-refractivity contribution in [3.8, 4) is 5.75 Å². The zero-order valence-electron chi connectivity index (χ0n) is 16.2. The summed E-state index contributed by atoms with van der Waals surface area (Å²) in [5.41, 5.74) is 3.56. The lowest BCUT2D eigenvalue weighted by molar-refractivity contribution is -0.121. The Kier molecular flexibility index (Phi) is 7.28. The van der Waals surface area contributed by atoms with Crippen LogP contribution in [-0.2, 0) is 24.3 Å². The molecule has 1 aliphatic heterocycles. The molecule has 0 bridgehead atoms. The lowest BCUT2D eigenvalue weighted by Crippen LogP contribution is -2.29. The fraction of sp³-hybridized carbons (Fsp3) is 0.435. The fourth-order valence-corrected chi connectivity index (χ4v) is 3.58. The van der Waals surface area contributed by atoms with Crippen LogP contribution in [0, 0.1) is 0 Å². The highest BCUT2D eigenvalue weighted by Gasteiger charge is 2.10. The van der Waals surface area contributed by atoms with E-state index >= 15 is 0 Å². The molecule has 2 aromatic rings. The van der Waals surface area contributed by atoms with Crippen molar-refractivity contribution in [2.45, 2.75) is 45.2 Å². The first kappa shape index (κ1) is 19.4. The number of nitrogens with zero attached hydrogens (tertiary/aromatic N) is 1. The molecule has 144 valence electrons. The normalized spacial score (nSPS) is 14.7. The molecule has 0 aromatic heterocycles. The Morgan fingerprint density at radius 1 is 1.00 bits per heavy atom. The predicted octanol–water partition coefficient (Wildman–Crippen LogP) is 3.93. The van der Waals surface area contributed by atoms with Gasteiger partial charge in [-0.15, -0.1) is 0 Å². The van der Waals surface area contributed by atoms with Gasteiger partial charge in [0.15, 0.2) is 0 Å². The minimum atomic E-state index is 0.0679. The van der Waals surface area contributed by atoms with Crippen molar-refractivity contribution in [3.63, 3.8) is 0 Å². The number of nitrogens with one attached hydrogen (secondary N) is 1. The summed E-state index contributed by atoms with van der Waals surface area (Å²) in [4.78, 5) is 14.7. The minimum absolute atomic E-state index is 0.0679. The number of hydrogen-bond acceptors (Lipinski definition) is 3. The third-order valence-electron chi connectivity index (χ3n) is 5.18. The number of methoxy groups -OCH3 is 1. The maximum atomic E-state index is 12.2. The van der Waals surface area contributed by atoms with Crippen molar-refractivity contribution in [2.75, 3.05) is 20.2 Å². The number of amides is 1. The van der Waals surface area contributed by atoms with E-state index in [0.717, 1.165) is 23.4 Å². The molecule has 1 fully saturated rings. The van der Waals surface area contributed by atoms with Gasteiger partial charge in [-0.1, -0.05) is 48.9 Å². The van der Waals surface area contributed by atoms with Crippen LogP contribution in [0.25, 0.3) is 0 Å². The second-order valence-electron chi connectivity index (χ2n) is 7.24. The molecule has 4 nitrogen and oxygen atoms in total. The molecular formula is C23H30N2O2. The van der Waals surface area contributed by atoms with E-state index in [9.17, 15) is 4.79 Å². The first-order valence-corrected chi connectivity index (χ1v) is 9.93. The summed E-state index contributed by atoms with van der Waals surface area (Å²) < 4.78 is 5.34. The first-order chi connectivity index (χ1) is 13.2. The SMILES string of the molecule is COc1ccccc1CCC(=O)NCc1ccc(CN2CCCCC2)cc1. The topological polar surface area (TPSA) is 41.6 Å². The Hall–Kier alpha value is -2.33. The monoisotopic (exact) mass is 366 g/mol. The summed E-state index contributed by atoms with van der Waals surface area (Å²) >= 11 is 0. The van der Waals surface area contributed by atoms with Gasteiger partial charge in [-0.3, -0.25) is 9.69 Å². The van der Waals surface area contributed by atoms with E-state index in [4.69, 9.17) is 4.74 Å². The van der Waals surface area contributed by atoms with Crippen LogP contribution in [-0.4, -0.2) is 31.0 Å². The van der Waals surface area contributed by atoms with E-state index in [1.165, 1.54) is 37.9 Å². The third-order valence-corrected chi connectivity index (χ3v) is 5.18. The second kappa shape index (κ2) is 10.1. The smallest absolute Gasteiger partial charge is 0.220 e. The molecule has 0 radical (unpaired) electrons. The Bertz CT molecular complexity index is 721. The van der Waals surface area contributed by atoms with Crippen LogP contribution in [0.4, 0.5) is 0 Å². The van der Waals surface area contributed by atoms with Gasteiger partial charge in [-0.05, 0) is 55.1 Å². The molecule has 1 amide bonds. The quantitative estimate of drug-likeness (QED) is 0.770. The van der Waals surface area contributed by atoms with Crippen molar-refractivity contribution in [2.24, 2.45) is 0 Å². The molecular weight excluding hydrogens is 336 g/mol. The minimum Gasteiger partial charge on any atom is -0.496 e. The van der Waals surface area contributed by atoms with Gasteiger partial charge < -0.3 is 10.1 Å². The number of para-hydroxylation sites is 1. The van der Waals surface area contributed by atoms with Crippen LogP contribution in [0.2, 0.25) is 0 Å². The summed E-state index contributed by atoms with van der Waals surface area (Å²) in [5, 5.41) is 3.02. The number of carbonyl (C=O) groups is 1. The molecule has 0 spiro atoms. The second-order valence-corrected chi connectivity index (χ2v) is 7.24. The molecule has 1 saturated heterocycles. The number of carbonyl (C=O) groups excluding carboxylic acids is 1. The summed E-state index contributed by atoms with van der Waals surface area (Å²) in [6.07, 6.45) is 5.15. The standard InChI is InChI=1S/C23H30N2O2/c1-27-22-8-4-3-7-21(22)13-14-23(26)24-17-19-9-11-20(12-10-19)18-25-15-5-2-6-16-25/h3-4,7-12H,2,5-6,13-18H2,1H3,(H,24,26). The summed E-state index contributed by atoms with van der Waals surface area (Å²) in [7, 11) is 1.66. The molecule has 27 heavy (non-hydrogen) atoms. The van der Waals surface area contributed by atoms with Gasteiger partial charge in [0.2, 0.25) is 5.91 Å². The van der Waals surface area contributed by atoms with Crippen molar-refractivity contribution < 1.29 is 9.53 Å². The molecule has 0 atom stereocenters. The number of aryl methyl sites for hydroxylation is 1. The predicted molar refractivity (Wildman–Crippen MR) is 109 cm³/mol. The van der Waals surface area contributed by atoms with Crippen LogP contribution in [0.1, 0.15) is 42.4 Å². The van der Waals surface area contributed by atoms with Crippen LogP contribution in [0.5, 0.6) is 5.75 Å². The lowest BCUT2D eigenvalue weighted by atomic mass is 10.1. The molecule has 0 unspecified atom stereocenters. The van der Waals surface area contributed by atoms with Crippen LogP contribution in [0.15, 0.2) is 48.5 Å². The number of ether oxygens (including phenoxy) is 1. The molecule has 3 rings (SSSR count). The molecule has 1 aliphatic rings. The van der Waals surface area contributed by atoms with E-state index in [1.807, 2.05) is 24.3 Å². The van der Waals surface area contributed by atoms with Gasteiger partial charge in [0, 0.05) is 19.5 Å². The molecule has 0 saturated carbocycles. The van der Waals surface area contributed by atoms with Crippen LogP contribution < -0.4 is 10.1 Å². The van der Waals surface area contributed by atoms with Crippen molar-refractivity contribution in [1.29, 1.82) is 0 Å². The molecule has 1 N–H and O–H groups in total. The highest BCUT2D eigenvalue weighted by molar-refractivity contribution is 5.76. The Morgan fingerprint density at radius 3 is 2.44 bits per heavy atom. The highest BCUT2D eigenvalue weighted by atomic mass is 16.5. The summed E-state index contributed by atoms with van der Waals surface area (Å²) in [5.74, 6) is 0.910. The van der Waals surface area contributed by atoms with Crippen LogP contribution in [0.3, 0.4) is 0 Å². The zero-order chi connectivity index (χ0) is 18.9. The van der Waals surface area contributed by atoms with E-state index in [2.05, 4.69) is 34.5 Å². The zero-order valence-corrected chi connectivity index (χ0v) is 16.2. The first-order valence-electron chi connectivity index (χ1n) is 9.93. The van der Waals surface area contributed by atoms with E-state index < -0.39 is 0 Å². The number of hydrogen-bond donors (Lipinski definition) is 1. The number of piperidine rings is 1. The highest BCUT2D eigenvalue weighted by Crippen LogP contribution is 2.19. The Morgan fingerprint density at radius 2 is 1.70 bits per heavy atom. The summed E-state index contributed by atoms with van der Waals surface area (Å²) in [6.45, 7) is 4.04. The molecule has 4 heteroatoms. The molecule has 2 aromatic carbocycles. The van der Waals surface area contributed by atoms with E-state index in [-0.39, 0.29) is 5.91 Å². The van der Waals surface area contributed by atoms with E-state index in [0.29, 0.717) is 19.4 Å². The maximum absolute atomic E-state index is 12.2. The van der Waals surface area contributed by atoms with Crippen molar-refractivity contribution in [1.82, 2.24) is 10.2 Å². The molecule has 0 aliphatic carbocycles. The average Bonchev–Trinajstić information content (AvgIpc) is 2.72. The third kappa shape index (κ3) is 6.10. The number of rotatable bonds is 8. The Labute approximate surface area is 162 Å². The van der Waals surface area contributed by atoms with Gasteiger partial charge in [0.1, 0.15) is 5.75 Å². The fourth-order valence-electron chi connectivity index (χ4n) is 3.58. The summed E-state index contributed by atoms with van der Waals surface area (Å²) in [6, 6.07) is 16.5. The number of benzene rings is 2. The van der Waals surface area contributed by atoms with E-state index in [1.54, 1.807) is 7.11 Å². The van der Waals surface area contributed by atoms with Gasteiger partial charge in [0.25, 0.3) is 0 Å². The average molecular weight is 367 g/mol. The van der Waals surface area contributed by atoms with Gasteiger partial charge >= 0.3 is 0 Å². The van der Waals surface area contributed by atoms with Gasteiger partial charge in [0.05, 0.1) is 7.11 Å². The van der Waals surface area contributed by atoms with Gasteiger partial charge in [-0.2, -0.15) is 0 Å².